The second-order valence-corrected chi connectivity index (χ2v) is 4.67. The number of carboxylic acids is 1. The van der Waals surface area contributed by atoms with Gasteiger partial charge in [-0.15, -0.1) is 0 Å². The van der Waals surface area contributed by atoms with E-state index >= 15 is 0 Å². The Morgan fingerprint density at radius 2 is 1.81 bits per heavy atom. The van der Waals surface area contributed by atoms with Gasteiger partial charge in [-0.3, -0.25) is 9.59 Å². The summed E-state index contributed by atoms with van der Waals surface area (Å²) in [6.07, 6.45) is 1.40. The Labute approximate surface area is 123 Å². The number of methoxy groups -OCH3 is 1. The van der Waals surface area contributed by atoms with Crippen molar-refractivity contribution in [1.82, 2.24) is 0 Å². The monoisotopic (exact) mass is 284 g/mol. The van der Waals surface area contributed by atoms with Crippen LogP contribution in [-0.4, -0.2) is 24.5 Å². The summed E-state index contributed by atoms with van der Waals surface area (Å²) in [5.74, 6) is -0.253. The van der Waals surface area contributed by atoms with Gasteiger partial charge in [0, 0.05) is 6.42 Å². The quantitative estimate of drug-likeness (QED) is 0.827. The second-order valence-electron chi connectivity index (χ2n) is 4.67. The smallest absolute Gasteiger partial charge is 0.303 e. The molecule has 21 heavy (non-hydrogen) atoms. The van der Waals surface area contributed by atoms with Crippen LogP contribution < -0.4 is 4.74 Å². The van der Waals surface area contributed by atoms with Crippen molar-refractivity contribution in [2.45, 2.75) is 12.8 Å². The number of aldehydes is 1. The van der Waals surface area contributed by atoms with Gasteiger partial charge in [0.05, 0.1) is 12.7 Å². The first-order valence-electron chi connectivity index (χ1n) is 6.58. The Balaban J connectivity index is 2.22. The fraction of sp³-hybridized carbons (Fsp3) is 0.176. The molecule has 0 bridgehead atoms. The Morgan fingerprint density at radius 1 is 1.14 bits per heavy atom. The van der Waals surface area contributed by atoms with E-state index in [0.29, 0.717) is 17.7 Å². The minimum Gasteiger partial charge on any atom is -0.496 e. The van der Waals surface area contributed by atoms with Gasteiger partial charge in [0.25, 0.3) is 0 Å². The molecule has 108 valence electrons. The highest BCUT2D eigenvalue weighted by Gasteiger charge is 2.05. The summed E-state index contributed by atoms with van der Waals surface area (Å²) in [6, 6.07) is 13.1. The fourth-order valence-electron chi connectivity index (χ4n) is 2.12. The van der Waals surface area contributed by atoms with E-state index in [1.807, 2.05) is 30.3 Å². The molecule has 0 aliphatic rings. The topological polar surface area (TPSA) is 63.6 Å². The van der Waals surface area contributed by atoms with Crippen LogP contribution >= 0.6 is 0 Å². The van der Waals surface area contributed by atoms with Gasteiger partial charge in [-0.1, -0.05) is 30.3 Å². The van der Waals surface area contributed by atoms with Crippen molar-refractivity contribution in [1.29, 1.82) is 0 Å². The molecule has 2 aromatic rings. The summed E-state index contributed by atoms with van der Waals surface area (Å²) >= 11 is 0. The molecule has 0 aromatic heterocycles. The van der Waals surface area contributed by atoms with Crippen molar-refractivity contribution in [3.05, 3.63) is 53.6 Å². The van der Waals surface area contributed by atoms with Crippen molar-refractivity contribution in [2.24, 2.45) is 0 Å². The summed E-state index contributed by atoms with van der Waals surface area (Å²) in [4.78, 5) is 21.6. The third kappa shape index (κ3) is 3.69. The normalized spacial score (nSPS) is 10.1. The predicted molar refractivity (Wildman–Crippen MR) is 79.8 cm³/mol. The molecule has 0 aliphatic carbocycles. The maximum absolute atomic E-state index is 11.0. The van der Waals surface area contributed by atoms with Crippen LogP contribution in [0.4, 0.5) is 0 Å². The highest BCUT2D eigenvalue weighted by molar-refractivity contribution is 5.83. The fourth-order valence-corrected chi connectivity index (χ4v) is 2.12. The standard InChI is InChI=1S/C17H16O4/c1-21-16-8-7-14(10-15(16)11-18)13-5-2-12(3-6-13)4-9-17(19)20/h2-3,5-8,10-11H,4,9H2,1H3,(H,19,20). The minimum atomic E-state index is -0.801. The largest absolute Gasteiger partial charge is 0.496 e. The number of rotatable bonds is 6. The maximum Gasteiger partial charge on any atom is 0.303 e. The van der Waals surface area contributed by atoms with Crippen LogP contribution in [0, 0.1) is 0 Å². The number of hydrogen-bond acceptors (Lipinski definition) is 3. The van der Waals surface area contributed by atoms with Crippen LogP contribution in [0.2, 0.25) is 0 Å². The number of aryl methyl sites for hydroxylation is 1. The number of aliphatic carboxylic acids is 1. The van der Waals surface area contributed by atoms with Gasteiger partial charge < -0.3 is 9.84 Å². The zero-order valence-corrected chi connectivity index (χ0v) is 11.7. The lowest BCUT2D eigenvalue weighted by molar-refractivity contribution is -0.136. The lowest BCUT2D eigenvalue weighted by Gasteiger charge is -2.07. The van der Waals surface area contributed by atoms with E-state index in [4.69, 9.17) is 9.84 Å². The molecule has 0 aliphatic heterocycles. The maximum atomic E-state index is 11.0. The van der Waals surface area contributed by atoms with Crippen LogP contribution in [0.1, 0.15) is 22.3 Å². The Bertz CT molecular complexity index is 644. The molecule has 2 rings (SSSR count). The van der Waals surface area contributed by atoms with E-state index < -0.39 is 5.97 Å². The molecular formula is C17H16O4. The predicted octanol–water partition coefficient (Wildman–Crippen LogP) is 3.19. The average Bonchev–Trinajstić information content (AvgIpc) is 2.52. The number of benzene rings is 2. The van der Waals surface area contributed by atoms with Crippen molar-refractivity contribution >= 4 is 12.3 Å². The summed E-state index contributed by atoms with van der Waals surface area (Å²) < 4.78 is 5.11. The number of hydrogen-bond donors (Lipinski definition) is 1. The van der Waals surface area contributed by atoms with Crippen molar-refractivity contribution in [3.63, 3.8) is 0 Å². The van der Waals surface area contributed by atoms with Crippen LogP contribution in [0.15, 0.2) is 42.5 Å². The second kappa shape index (κ2) is 6.70. The lowest BCUT2D eigenvalue weighted by atomic mass is 10.0. The van der Waals surface area contributed by atoms with Crippen LogP contribution in [0.5, 0.6) is 5.75 Å². The van der Waals surface area contributed by atoms with Crippen LogP contribution in [0.3, 0.4) is 0 Å². The zero-order chi connectivity index (χ0) is 15.2. The number of carboxylic acid groups (broad SMARTS) is 1. The van der Waals surface area contributed by atoms with Crippen molar-refractivity contribution in [2.75, 3.05) is 7.11 Å². The molecule has 0 saturated carbocycles. The molecule has 0 heterocycles. The van der Waals surface area contributed by atoms with Crippen LogP contribution in [0.25, 0.3) is 11.1 Å². The van der Waals surface area contributed by atoms with Gasteiger partial charge in [-0.05, 0) is 35.2 Å². The van der Waals surface area contributed by atoms with Gasteiger partial charge in [0.2, 0.25) is 0 Å². The first-order valence-corrected chi connectivity index (χ1v) is 6.58. The van der Waals surface area contributed by atoms with E-state index in [-0.39, 0.29) is 6.42 Å². The van der Waals surface area contributed by atoms with E-state index in [9.17, 15) is 9.59 Å². The highest BCUT2D eigenvalue weighted by Crippen LogP contribution is 2.26. The minimum absolute atomic E-state index is 0.122. The van der Waals surface area contributed by atoms with Gasteiger partial charge in [-0.25, -0.2) is 0 Å². The Hall–Kier alpha value is -2.62. The molecule has 1 N–H and O–H groups in total. The summed E-state index contributed by atoms with van der Waals surface area (Å²) in [7, 11) is 1.53. The van der Waals surface area contributed by atoms with Gasteiger partial charge in [0.15, 0.2) is 6.29 Å². The molecule has 0 radical (unpaired) electrons. The van der Waals surface area contributed by atoms with Crippen molar-refractivity contribution < 1.29 is 19.4 Å². The first-order chi connectivity index (χ1) is 10.1. The van der Waals surface area contributed by atoms with E-state index in [2.05, 4.69) is 0 Å². The van der Waals surface area contributed by atoms with E-state index in [1.54, 1.807) is 12.1 Å². The zero-order valence-electron chi connectivity index (χ0n) is 11.7. The molecule has 0 amide bonds. The summed E-state index contributed by atoms with van der Waals surface area (Å²) in [5, 5.41) is 8.67. The number of ether oxygens (including phenoxy) is 1. The molecule has 2 aromatic carbocycles. The molecule has 0 fully saturated rings. The Morgan fingerprint density at radius 3 is 2.38 bits per heavy atom. The summed E-state index contributed by atoms with van der Waals surface area (Å²) in [5.41, 5.74) is 3.37. The SMILES string of the molecule is COc1ccc(-c2ccc(CCC(=O)O)cc2)cc1C=O. The van der Waals surface area contributed by atoms with Gasteiger partial charge >= 0.3 is 5.97 Å². The number of carbonyl (C=O) groups excluding carboxylic acids is 1. The third-order valence-corrected chi connectivity index (χ3v) is 3.27. The molecular weight excluding hydrogens is 268 g/mol. The average molecular weight is 284 g/mol. The lowest BCUT2D eigenvalue weighted by Crippen LogP contribution is -1.97. The van der Waals surface area contributed by atoms with Crippen LogP contribution in [-0.2, 0) is 11.2 Å². The highest BCUT2D eigenvalue weighted by atomic mass is 16.5. The first kappa shape index (κ1) is 14.8. The molecule has 0 saturated heterocycles. The summed E-state index contributed by atoms with van der Waals surface area (Å²) in [6.45, 7) is 0. The van der Waals surface area contributed by atoms with E-state index in [0.717, 1.165) is 23.0 Å². The molecule has 4 heteroatoms. The molecule has 0 unspecified atom stereocenters. The van der Waals surface area contributed by atoms with E-state index in [1.165, 1.54) is 7.11 Å². The molecule has 4 nitrogen and oxygen atoms in total. The van der Waals surface area contributed by atoms with Gasteiger partial charge in [0.1, 0.15) is 5.75 Å². The third-order valence-electron chi connectivity index (χ3n) is 3.27. The van der Waals surface area contributed by atoms with Gasteiger partial charge in [-0.2, -0.15) is 0 Å². The molecule has 0 atom stereocenters. The number of carbonyl (C=O) groups is 2. The molecule has 0 spiro atoms. The van der Waals surface area contributed by atoms with Crippen molar-refractivity contribution in [3.8, 4) is 16.9 Å². The Kier molecular flexibility index (Phi) is 4.72.